The minimum Gasteiger partial charge on any atom is -0.394 e. The summed E-state index contributed by atoms with van der Waals surface area (Å²) in [7, 11) is 0. The van der Waals surface area contributed by atoms with Crippen molar-refractivity contribution in [2.75, 3.05) is 6.61 Å². The molecule has 25 heavy (non-hydrogen) atoms. The van der Waals surface area contributed by atoms with Crippen molar-refractivity contribution in [3.05, 3.63) is 46.3 Å². The largest absolute Gasteiger partial charge is 0.416 e. The molecule has 0 unspecified atom stereocenters. The lowest BCUT2D eigenvalue weighted by molar-refractivity contribution is -0.137. The van der Waals surface area contributed by atoms with Crippen LogP contribution in [0, 0.1) is 11.3 Å². The number of aliphatic hydroxyl groups is 1. The summed E-state index contributed by atoms with van der Waals surface area (Å²) >= 11 is 1.37. The van der Waals surface area contributed by atoms with Gasteiger partial charge in [-0.25, -0.2) is 0 Å². The molecule has 0 aliphatic heterocycles. The third-order valence-corrected chi connectivity index (χ3v) is 4.13. The Kier molecular flexibility index (Phi) is 4.57. The molecule has 0 saturated carbocycles. The summed E-state index contributed by atoms with van der Waals surface area (Å²) in [6.07, 6.45) is -4.53. The molecule has 0 saturated heterocycles. The van der Waals surface area contributed by atoms with Gasteiger partial charge in [0.1, 0.15) is 11.8 Å². The number of hydrogen-bond acceptors (Lipinski definition) is 5. The fourth-order valence-electron chi connectivity index (χ4n) is 2.33. The van der Waals surface area contributed by atoms with Crippen molar-refractivity contribution in [3.8, 4) is 28.5 Å². The monoisotopic (exact) mass is 364 g/mol. The highest BCUT2D eigenvalue weighted by molar-refractivity contribution is 7.08. The van der Waals surface area contributed by atoms with Gasteiger partial charge in [0.15, 0.2) is 5.69 Å². The first-order valence-corrected chi connectivity index (χ1v) is 8.08. The maximum atomic E-state index is 13.3. The van der Waals surface area contributed by atoms with Crippen LogP contribution in [-0.2, 0) is 12.7 Å². The number of rotatable bonds is 4. The molecule has 0 amide bonds. The molecule has 2 heterocycles. The molecule has 0 bridgehead atoms. The quantitative estimate of drug-likeness (QED) is 0.768. The normalized spacial score (nSPS) is 11.5. The molecule has 0 radical (unpaired) electrons. The van der Waals surface area contributed by atoms with E-state index in [1.807, 2.05) is 6.07 Å². The van der Waals surface area contributed by atoms with Crippen molar-refractivity contribution in [1.29, 1.82) is 5.26 Å². The summed E-state index contributed by atoms with van der Waals surface area (Å²) in [4.78, 5) is 1.10. The van der Waals surface area contributed by atoms with E-state index in [1.165, 1.54) is 11.3 Å². The maximum absolute atomic E-state index is 13.3. The molecular formula is C16H11F3N4OS. The number of nitrogens with zero attached hydrogens (tertiary/aromatic N) is 4. The van der Waals surface area contributed by atoms with Crippen molar-refractivity contribution in [3.63, 3.8) is 0 Å². The summed E-state index contributed by atoms with van der Waals surface area (Å²) in [5, 5.41) is 29.6. The van der Waals surface area contributed by atoms with Crippen LogP contribution < -0.4 is 0 Å². The third kappa shape index (κ3) is 3.55. The second-order valence-electron chi connectivity index (χ2n) is 5.14. The zero-order valence-corrected chi connectivity index (χ0v) is 13.5. The van der Waals surface area contributed by atoms with Gasteiger partial charge in [0.05, 0.1) is 18.7 Å². The van der Waals surface area contributed by atoms with Crippen molar-refractivity contribution < 1.29 is 18.3 Å². The number of alkyl halides is 3. The number of aliphatic hydroxyl groups excluding tert-OH is 1. The van der Waals surface area contributed by atoms with Gasteiger partial charge in [0, 0.05) is 5.56 Å². The first kappa shape index (κ1) is 17.1. The number of aromatic nitrogens is 3. The minimum atomic E-state index is -4.53. The van der Waals surface area contributed by atoms with Crippen LogP contribution in [0.1, 0.15) is 11.3 Å². The maximum Gasteiger partial charge on any atom is 0.416 e. The molecule has 0 aliphatic rings. The zero-order chi connectivity index (χ0) is 18.0. The van der Waals surface area contributed by atoms with Crippen molar-refractivity contribution in [2.45, 2.75) is 12.7 Å². The van der Waals surface area contributed by atoms with Gasteiger partial charge in [0.25, 0.3) is 0 Å². The van der Waals surface area contributed by atoms with Crippen molar-refractivity contribution >= 4 is 11.3 Å². The Balaban J connectivity index is 2.19. The van der Waals surface area contributed by atoms with Crippen LogP contribution in [-0.4, -0.2) is 26.7 Å². The van der Waals surface area contributed by atoms with Gasteiger partial charge in [-0.1, -0.05) is 0 Å². The Morgan fingerprint density at radius 3 is 2.52 bits per heavy atom. The molecule has 5 nitrogen and oxygen atoms in total. The molecular weight excluding hydrogens is 353 g/mol. The van der Waals surface area contributed by atoms with Crippen LogP contribution >= 0.6 is 11.3 Å². The molecule has 0 spiro atoms. The highest BCUT2D eigenvalue weighted by Gasteiger charge is 2.32. The lowest BCUT2D eigenvalue weighted by atomic mass is 9.99. The van der Waals surface area contributed by atoms with Crippen LogP contribution in [0.2, 0.25) is 0 Å². The summed E-state index contributed by atoms with van der Waals surface area (Å²) in [6, 6.07) is 7.11. The molecule has 1 aromatic carbocycles. The van der Waals surface area contributed by atoms with Crippen LogP contribution in [0.3, 0.4) is 0 Å². The smallest absolute Gasteiger partial charge is 0.394 e. The first-order valence-electron chi connectivity index (χ1n) is 7.13. The average Bonchev–Trinajstić information content (AvgIpc) is 3.23. The molecule has 0 atom stereocenters. The number of nitriles is 1. The fraction of sp³-hybridized carbons (Fsp3) is 0.188. The van der Waals surface area contributed by atoms with E-state index in [0.717, 1.165) is 16.9 Å². The van der Waals surface area contributed by atoms with Gasteiger partial charge >= 0.3 is 6.18 Å². The fourth-order valence-corrected chi connectivity index (χ4v) is 3.00. The Hall–Kier alpha value is -2.70. The summed E-state index contributed by atoms with van der Waals surface area (Å²) in [6.45, 7) is -0.202. The second-order valence-corrected chi connectivity index (χ2v) is 5.92. The van der Waals surface area contributed by atoms with Gasteiger partial charge in [-0.15, -0.1) is 5.10 Å². The molecule has 0 aliphatic carbocycles. The van der Waals surface area contributed by atoms with Crippen molar-refractivity contribution in [1.82, 2.24) is 15.0 Å². The number of hydrogen-bond donors (Lipinski definition) is 1. The van der Waals surface area contributed by atoms with Crippen LogP contribution in [0.4, 0.5) is 13.2 Å². The number of thiophene rings is 1. The van der Waals surface area contributed by atoms with Gasteiger partial charge < -0.3 is 5.11 Å². The van der Waals surface area contributed by atoms with E-state index >= 15 is 0 Å². The van der Waals surface area contributed by atoms with Gasteiger partial charge in [-0.3, -0.25) is 0 Å². The Morgan fingerprint density at radius 2 is 1.92 bits per heavy atom. The third-order valence-electron chi connectivity index (χ3n) is 3.45. The predicted octanol–water partition coefficient (Wildman–Crippen LogP) is 3.56. The van der Waals surface area contributed by atoms with E-state index in [-0.39, 0.29) is 30.1 Å². The minimum absolute atomic E-state index is 0.0467. The molecule has 3 aromatic rings. The first-order chi connectivity index (χ1) is 11.9. The summed E-state index contributed by atoms with van der Waals surface area (Å²) < 4.78 is 39.8. The lowest BCUT2D eigenvalue weighted by Gasteiger charge is -2.11. The molecule has 0 fully saturated rings. The molecule has 9 heteroatoms. The highest BCUT2D eigenvalue weighted by atomic mass is 32.1. The van der Waals surface area contributed by atoms with Crippen LogP contribution in [0.25, 0.3) is 22.4 Å². The predicted molar refractivity (Wildman–Crippen MR) is 85.6 cm³/mol. The van der Waals surface area contributed by atoms with Crippen LogP contribution in [0.15, 0.2) is 35.0 Å². The van der Waals surface area contributed by atoms with E-state index in [2.05, 4.69) is 10.2 Å². The van der Waals surface area contributed by atoms with E-state index in [9.17, 15) is 18.4 Å². The SMILES string of the molecule is N#Cc1nn(CCO)nc1-c1cc(-c2ccsc2)cc(C(F)(F)F)c1. The highest BCUT2D eigenvalue weighted by Crippen LogP contribution is 2.36. The standard InChI is InChI=1S/C16H11F3N4OS/c17-16(18,19)13-6-11(10-1-4-25-9-10)5-12(7-13)15-14(8-20)21-23(22-15)2-3-24/h1,4-7,9,24H,2-3H2. The lowest BCUT2D eigenvalue weighted by Crippen LogP contribution is -2.06. The van der Waals surface area contributed by atoms with Crippen LogP contribution in [0.5, 0.6) is 0 Å². The molecule has 2 aromatic heterocycles. The number of halogens is 3. The van der Waals surface area contributed by atoms with E-state index in [1.54, 1.807) is 22.9 Å². The van der Waals surface area contributed by atoms with Crippen molar-refractivity contribution in [2.24, 2.45) is 0 Å². The number of benzene rings is 1. The average molecular weight is 364 g/mol. The van der Waals surface area contributed by atoms with E-state index in [4.69, 9.17) is 5.11 Å². The summed E-state index contributed by atoms with van der Waals surface area (Å²) in [5.74, 6) is 0. The second kappa shape index (κ2) is 6.66. The van der Waals surface area contributed by atoms with E-state index < -0.39 is 11.7 Å². The summed E-state index contributed by atoms with van der Waals surface area (Å²) in [5.41, 5.74) is 0.316. The van der Waals surface area contributed by atoms with Gasteiger partial charge in [-0.05, 0) is 46.2 Å². The Labute approximate surface area is 144 Å². The topological polar surface area (TPSA) is 74.7 Å². The Morgan fingerprint density at radius 1 is 1.16 bits per heavy atom. The zero-order valence-electron chi connectivity index (χ0n) is 12.7. The van der Waals surface area contributed by atoms with E-state index in [0.29, 0.717) is 11.1 Å². The Bertz CT molecular complexity index is 926. The van der Waals surface area contributed by atoms with Gasteiger partial charge in [0.2, 0.25) is 0 Å². The van der Waals surface area contributed by atoms with Gasteiger partial charge in [-0.2, -0.15) is 39.7 Å². The molecule has 1 N–H and O–H groups in total. The molecule has 3 rings (SSSR count). The molecule has 128 valence electrons.